The van der Waals surface area contributed by atoms with E-state index in [1.54, 1.807) is 12.1 Å². The number of nitrogens with two attached hydrogens (primary N) is 1. The van der Waals surface area contributed by atoms with Crippen molar-refractivity contribution in [3.05, 3.63) is 46.9 Å². The van der Waals surface area contributed by atoms with E-state index in [9.17, 15) is 4.39 Å². The minimum absolute atomic E-state index is 0.00676. The summed E-state index contributed by atoms with van der Waals surface area (Å²) in [5.41, 5.74) is 6.14. The van der Waals surface area contributed by atoms with E-state index in [1.807, 2.05) is 0 Å². The number of halogens is 2. The smallest absolute Gasteiger partial charge is 0.243 e. The van der Waals surface area contributed by atoms with Gasteiger partial charge >= 0.3 is 0 Å². The third-order valence-corrected chi connectivity index (χ3v) is 2.40. The zero-order chi connectivity index (χ0) is 12.3. The van der Waals surface area contributed by atoms with Crippen LogP contribution in [0.2, 0.25) is 5.02 Å². The van der Waals surface area contributed by atoms with Crippen LogP contribution in [0, 0.1) is 5.82 Å². The quantitative estimate of drug-likeness (QED) is 0.913. The van der Waals surface area contributed by atoms with Gasteiger partial charge < -0.3 is 10.5 Å². The molecule has 0 atom stereocenters. The lowest BCUT2D eigenvalue weighted by Crippen LogP contribution is -2.02. The highest BCUT2D eigenvalue weighted by Crippen LogP contribution is 2.28. The van der Waals surface area contributed by atoms with E-state index in [1.165, 1.54) is 18.3 Å². The van der Waals surface area contributed by atoms with E-state index in [2.05, 4.69) is 10.2 Å². The zero-order valence-electron chi connectivity index (χ0n) is 8.73. The topological polar surface area (TPSA) is 61.0 Å². The van der Waals surface area contributed by atoms with Gasteiger partial charge in [0.1, 0.15) is 0 Å². The first-order valence-corrected chi connectivity index (χ1v) is 5.22. The van der Waals surface area contributed by atoms with Crippen LogP contribution in [0.25, 0.3) is 0 Å². The summed E-state index contributed by atoms with van der Waals surface area (Å²) in [6, 6.07) is 6.13. The third-order valence-electron chi connectivity index (χ3n) is 2.11. The molecule has 17 heavy (non-hydrogen) atoms. The third kappa shape index (κ3) is 2.51. The first-order valence-electron chi connectivity index (χ1n) is 4.85. The second kappa shape index (κ2) is 5.07. The van der Waals surface area contributed by atoms with Gasteiger partial charge in [0, 0.05) is 12.1 Å². The second-order valence-corrected chi connectivity index (χ2v) is 3.63. The molecule has 0 amide bonds. The van der Waals surface area contributed by atoms with E-state index < -0.39 is 5.82 Å². The van der Waals surface area contributed by atoms with Crippen LogP contribution >= 0.6 is 11.6 Å². The Kier molecular flexibility index (Phi) is 3.51. The lowest BCUT2D eigenvalue weighted by Gasteiger charge is -2.08. The minimum Gasteiger partial charge on any atom is -0.434 e. The Morgan fingerprint density at radius 2 is 2.18 bits per heavy atom. The summed E-state index contributed by atoms with van der Waals surface area (Å²) in [5, 5.41) is 7.40. The van der Waals surface area contributed by atoms with Crippen LogP contribution in [-0.2, 0) is 6.54 Å². The summed E-state index contributed by atoms with van der Waals surface area (Å²) in [7, 11) is 0. The summed E-state index contributed by atoms with van der Waals surface area (Å²) < 4.78 is 18.9. The van der Waals surface area contributed by atoms with Crippen LogP contribution in [0.15, 0.2) is 30.5 Å². The largest absolute Gasteiger partial charge is 0.434 e. The predicted molar refractivity (Wildman–Crippen MR) is 61.4 cm³/mol. The fourth-order valence-corrected chi connectivity index (χ4v) is 1.42. The normalized spacial score (nSPS) is 10.3. The lowest BCUT2D eigenvalue weighted by molar-refractivity contribution is 0.417. The van der Waals surface area contributed by atoms with E-state index in [0.29, 0.717) is 5.56 Å². The second-order valence-electron chi connectivity index (χ2n) is 3.22. The van der Waals surface area contributed by atoms with Crippen LogP contribution in [0.5, 0.6) is 11.6 Å². The van der Waals surface area contributed by atoms with Crippen LogP contribution < -0.4 is 10.5 Å². The molecule has 1 aromatic carbocycles. The molecule has 0 saturated heterocycles. The first-order chi connectivity index (χ1) is 8.22. The van der Waals surface area contributed by atoms with Gasteiger partial charge in [-0.15, -0.1) is 5.10 Å². The van der Waals surface area contributed by atoms with Crippen molar-refractivity contribution in [2.24, 2.45) is 5.73 Å². The molecule has 0 fully saturated rings. The van der Waals surface area contributed by atoms with Crippen molar-refractivity contribution in [3.63, 3.8) is 0 Å². The van der Waals surface area contributed by atoms with Gasteiger partial charge in [-0.25, -0.2) is 4.39 Å². The average Bonchev–Trinajstić information content (AvgIpc) is 2.35. The summed E-state index contributed by atoms with van der Waals surface area (Å²) in [5.74, 6) is -0.466. The molecule has 0 aliphatic heterocycles. The van der Waals surface area contributed by atoms with Crippen molar-refractivity contribution < 1.29 is 9.13 Å². The van der Waals surface area contributed by atoms with Gasteiger partial charge in [0.2, 0.25) is 5.88 Å². The zero-order valence-corrected chi connectivity index (χ0v) is 9.49. The molecule has 6 heteroatoms. The Balaban J connectivity index is 2.35. The molecule has 0 unspecified atom stereocenters. The number of nitrogens with zero attached hydrogens (tertiary/aromatic N) is 2. The summed E-state index contributed by atoms with van der Waals surface area (Å²) in [4.78, 5) is 0. The summed E-state index contributed by atoms with van der Waals surface area (Å²) in [6.45, 7) is 0.229. The lowest BCUT2D eigenvalue weighted by atomic mass is 10.3. The Labute approximate surface area is 102 Å². The molecule has 1 aromatic heterocycles. The monoisotopic (exact) mass is 253 g/mol. The van der Waals surface area contributed by atoms with Crippen LogP contribution in [0.3, 0.4) is 0 Å². The molecule has 0 bridgehead atoms. The number of rotatable bonds is 3. The average molecular weight is 254 g/mol. The molecule has 88 valence electrons. The highest BCUT2D eigenvalue weighted by atomic mass is 35.5. The molecule has 2 aromatic rings. The van der Waals surface area contributed by atoms with Crippen molar-refractivity contribution in [1.82, 2.24) is 10.2 Å². The first kappa shape index (κ1) is 11.8. The Hall–Kier alpha value is -1.72. The van der Waals surface area contributed by atoms with Gasteiger partial charge in [0.05, 0.1) is 11.2 Å². The maximum Gasteiger partial charge on any atom is 0.243 e. The van der Waals surface area contributed by atoms with Crippen LogP contribution in [0.1, 0.15) is 5.56 Å². The van der Waals surface area contributed by atoms with Crippen molar-refractivity contribution >= 4 is 11.6 Å². The summed E-state index contributed by atoms with van der Waals surface area (Å²) >= 11 is 5.64. The standard InChI is InChI=1S/C11H9ClFN3O/c12-8-2-1-3-9(10(8)13)17-11-7(6-14)4-5-15-16-11/h1-5H,6,14H2. The van der Waals surface area contributed by atoms with Crippen molar-refractivity contribution in [1.29, 1.82) is 0 Å². The van der Waals surface area contributed by atoms with Crippen molar-refractivity contribution in [2.45, 2.75) is 6.54 Å². The summed E-state index contributed by atoms with van der Waals surface area (Å²) in [6.07, 6.45) is 1.49. The van der Waals surface area contributed by atoms with Gasteiger partial charge in [0.15, 0.2) is 11.6 Å². The molecule has 2 rings (SSSR count). The van der Waals surface area contributed by atoms with Crippen LogP contribution in [0.4, 0.5) is 4.39 Å². The molecule has 0 saturated carbocycles. The molecule has 0 radical (unpaired) electrons. The number of aromatic nitrogens is 2. The molecule has 1 heterocycles. The van der Waals surface area contributed by atoms with Crippen molar-refractivity contribution in [3.8, 4) is 11.6 Å². The fourth-order valence-electron chi connectivity index (χ4n) is 1.25. The highest BCUT2D eigenvalue weighted by Gasteiger charge is 2.11. The fraction of sp³-hybridized carbons (Fsp3) is 0.0909. The molecule has 0 spiro atoms. The molecule has 0 aliphatic carbocycles. The van der Waals surface area contributed by atoms with Crippen LogP contribution in [-0.4, -0.2) is 10.2 Å². The Morgan fingerprint density at radius 1 is 1.35 bits per heavy atom. The maximum absolute atomic E-state index is 13.6. The van der Waals surface area contributed by atoms with E-state index >= 15 is 0 Å². The van der Waals surface area contributed by atoms with Gasteiger partial charge in [0.25, 0.3) is 0 Å². The predicted octanol–water partition coefficient (Wildman–Crippen LogP) is 2.52. The van der Waals surface area contributed by atoms with E-state index in [-0.39, 0.29) is 23.2 Å². The highest BCUT2D eigenvalue weighted by molar-refractivity contribution is 6.30. The van der Waals surface area contributed by atoms with E-state index in [4.69, 9.17) is 22.1 Å². The molecule has 4 nitrogen and oxygen atoms in total. The number of ether oxygens (including phenoxy) is 1. The number of hydrogen-bond donors (Lipinski definition) is 1. The Morgan fingerprint density at radius 3 is 2.94 bits per heavy atom. The Bertz CT molecular complexity index is 536. The minimum atomic E-state index is -0.636. The SMILES string of the molecule is NCc1ccnnc1Oc1cccc(Cl)c1F. The van der Waals surface area contributed by atoms with Gasteiger partial charge in [-0.1, -0.05) is 17.7 Å². The van der Waals surface area contributed by atoms with Gasteiger partial charge in [-0.05, 0) is 18.2 Å². The molecular weight excluding hydrogens is 245 g/mol. The number of benzene rings is 1. The van der Waals surface area contributed by atoms with E-state index in [0.717, 1.165) is 0 Å². The van der Waals surface area contributed by atoms with Crippen molar-refractivity contribution in [2.75, 3.05) is 0 Å². The molecule has 2 N–H and O–H groups in total. The number of hydrogen-bond acceptors (Lipinski definition) is 4. The van der Waals surface area contributed by atoms with Gasteiger partial charge in [-0.3, -0.25) is 0 Å². The maximum atomic E-state index is 13.6. The molecular formula is C11H9ClFN3O. The van der Waals surface area contributed by atoms with Gasteiger partial charge in [-0.2, -0.15) is 5.10 Å². The molecule has 0 aliphatic rings.